The number of thiophene rings is 1. The molecule has 1 aromatic heterocycles. The van der Waals surface area contributed by atoms with Gasteiger partial charge in [-0.05, 0) is 48.1 Å². The minimum absolute atomic E-state index is 0.0600. The Morgan fingerprint density at radius 2 is 2.26 bits per heavy atom. The molecule has 0 saturated carbocycles. The normalized spacial score (nSPS) is 15.1. The third-order valence-electron chi connectivity index (χ3n) is 4.10. The first-order valence-corrected chi connectivity index (χ1v) is 8.64. The highest BCUT2D eigenvalue weighted by atomic mass is 32.1. The van der Waals surface area contributed by atoms with E-state index < -0.39 is 6.10 Å². The summed E-state index contributed by atoms with van der Waals surface area (Å²) in [6.07, 6.45) is 0.503. The molecule has 1 aromatic carbocycles. The van der Waals surface area contributed by atoms with Gasteiger partial charge in [-0.1, -0.05) is 12.1 Å². The number of benzene rings is 1. The molecule has 1 atom stereocenters. The molecule has 3 rings (SSSR count). The Morgan fingerprint density at radius 3 is 3.09 bits per heavy atom. The van der Waals surface area contributed by atoms with Crippen LogP contribution in [0.2, 0.25) is 0 Å². The first kappa shape index (κ1) is 16.0. The lowest BCUT2D eigenvalue weighted by Gasteiger charge is -2.29. The van der Waals surface area contributed by atoms with Crippen molar-refractivity contribution in [3.8, 4) is 5.75 Å². The predicted molar refractivity (Wildman–Crippen MR) is 90.7 cm³/mol. The van der Waals surface area contributed by atoms with Crippen LogP contribution in [0.1, 0.15) is 22.9 Å². The maximum atomic E-state index is 12.6. The Bertz CT molecular complexity index is 682. The lowest BCUT2D eigenvalue weighted by Crippen LogP contribution is -2.41. The highest BCUT2D eigenvalue weighted by Gasteiger charge is 2.25. The summed E-state index contributed by atoms with van der Waals surface area (Å²) in [6, 6.07) is 9.83. The SMILES string of the molecule is COc1cccc(CO[C@@H](C)C(=O)N2CCc3sccc3C2)c1. The van der Waals surface area contributed by atoms with E-state index in [1.54, 1.807) is 18.4 Å². The van der Waals surface area contributed by atoms with E-state index >= 15 is 0 Å². The topological polar surface area (TPSA) is 38.8 Å². The number of hydrogen-bond acceptors (Lipinski definition) is 4. The van der Waals surface area contributed by atoms with E-state index in [1.807, 2.05) is 36.1 Å². The average molecular weight is 331 g/mol. The van der Waals surface area contributed by atoms with Crippen LogP contribution in [0.5, 0.6) is 5.75 Å². The number of carbonyl (C=O) groups is 1. The standard InChI is InChI=1S/C18H21NO3S/c1-13(22-12-14-4-3-5-16(10-14)21-2)18(20)19-8-6-17-15(11-19)7-9-23-17/h3-5,7,9-10,13H,6,8,11-12H2,1-2H3/t13-/m0/s1. The molecule has 0 bridgehead atoms. The summed E-state index contributed by atoms with van der Waals surface area (Å²) in [5.41, 5.74) is 2.28. The van der Waals surface area contributed by atoms with Crippen molar-refractivity contribution in [1.82, 2.24) is 4.90 Å². The molecule has 1 aliphatic rings. The van der Waals surface area contributed by atoms with Crippen LogP contribution in [-0.4, -0.2) is 30.6 Å². The average Bonchev–Trinajstić information content (AvgIpc) is 3.06. The monoisotopic (exact) mass is 331 g/mol. The number of fused-ring (bicyclic) bond motifs is 1. The molecule has 122 valence electrons. The highest BCUT2D eigenvalue weighted by molar-refractivity contribution is 7.10. The second kappa shape index (κ2) is 7.15. The first-order chi connectivity index (χ1) is 11.2. The van der Waals surface area contributed by atoms with Gasteiger partial charge in [0.1, 0.15) is 11.9 Å². The van der Waals surface area contributed by atoms with Crippen molar-refractivity contribution in [3.63, 3.8) is 0 Å². The van der Waals surface area contributed by atoms with E-state index in [0.717, 1.165) is 24.3 Å². The van der Waals surface area contributed by atoms with Crippen molar-refractivity contribution in [2.24, 2.45) is 0 Å². The van der Waals surface area contributed by atoms with Crippen LogP contribution in [-0.2, 0) is 29.1 Å². The molecule has 1 aliphatic heterocycles. The Balaban J connectivity index is 1.55. The second-order valence-electron chi connectivity index (χ2n) is 5.68. The number of rotatable bonds is 5. The van der Waals surface area contributed by atoms with Crippen LogP contribution in [0.4, 0.5) is 0 Å². The summed E-state index contributed by atoms with van der Waals surface area (Å²) in [5.74, 6) is 0.857. The van der Waals surface area contributed by atoms with Gasteiger partial charge in [-0.25, -0.2) is 0 Å². The van der Waals surface area contributed by atoms with Gasteiger partial charge in [-0.15, -0.1) is 11.3 Å². The molecule has 0 unspecified atom stereocenters. The molecule has 5 heteroatoms. The summed E-state index contributed by atoms with van der Waals surface area (Å²) in [7, 11) is 1.64. The molecular weight excluding hydrogens is 310 g/mol. The maximum absolute atomic E-state index is 12.6. The summed E-state index contributed by atoms with van der Waals surface area (Å²) >= 11 is 1.78. The van der Waals surface area contributed by atoms with Gasteiger partial charge in [-0.2, -0.15) is 0 Å². The quantitative estimate of drug-likeness (QED) is 0.844. The van der Waals surface area contributed by atoms with Crippen molar-refractivity contribution in [2.75, 3.05) is 13.7 Å². The lowest BCUT2D eigenvalue weighted by atomic mass is 10.1. The minimum Gasteiger partial charge on any atom is -0.497 e. The molecule has 0 saturated heterocycles. The number of nitrogens with zero attached hydrogens (tertiary/aromatic N) is 1. The lowest BCUT2D eigenvalue weighted by molar-refractivity contribution is -0.144. The van der Waals surface area contributed by atoms with Crippen LogP contribution < -0.4 is 4.74 Å². The fraction of sp³-hybridized carbons (Fsp3) is 0.389. The Labute approximate surface area is 140 Å². The van der Waals surface area contributed by atoms with Gasteiger partial charge in [-0.3, -0.25) is 4.79 Å². The Morgan fingerprint density at radius 1 is 1.39 bits per heavy atom. The van der Waals surface area contributed by atoms with E-state index in [9.17, 15) is 4.79 Å². The van der Waals surface area contributed by atoms with E-state index in [1.165, 1.54) is 10.4 Å². The van der Waals surface area contributed by atoms with Crippen molar-refractivity contribution >= 4 is 17.2 Å². The van der Waals surface area contributed by atoms with Crippen molar-refractivity contribution < 1.29 is 14.3 Å². The zero-order valence-corrected chi connectivity index (χ0v) is 14.3. The molecule has 0 fully saturated rings. The van der Waals surface area contributed by atoms with Crippen molar-refractivity contribution in [1.29, 1.82) is 0 Å². The molecule has 1 amide bonds. The number of amides is 1. The number of ether oxygens (including phenoxy) is 2. The summed E-state index contributed by atoms with van der Waals surface area (Å²) in [6.45, 7) is 3.71. The predicted octanol–water partition coefficient (Wildman–Crippen LogP) is 3.25. The molecule has 4 nitrogen and oxygen atoms in total. The van der Waals surface area contributed by atoms with Crippen LogP contribution in [0.3, 0.4) is 0 Å². The van der Waals surface area contributed by atoms with Gasteiger partial charge in [0.2, 0.25) is 0 Å². The third-order valence-corrected chi connectivity index (χ3v) is 5.12. The molecule has 2 aromatic rings. The maximum Gasteiger partial charge on any atom is 0.251 e. The highest BCUT2D eigenvalue weighted by Crippen LogP contribution is 2.24. The number of carbonyl (C=O) groups excluding carboxylic acids is 1. The summed E-state index contributed by atoms with van der Waals surface area (Å²) in [5, 5.41) is 2.10. The summed E-state index contributed by atoms with van der Waals surface area (Å²) in [4.78, 5) is 15.8. The zero-order valence-electron chi connectivity index (χ0n) is 13.5. The van der Waals surface area contributed by atoms with Crippen LogP contribution in [0.25, 0.3) is 0 Å². The van der Waals surface area contributed by atoms with Crippen LogP contribution in [0.15, 0.2) is 35.7 Å². The Kier molecular flexibility index (Phi) is 4.98. The molecule has 0 aliphatic carbocycles. The molecular formula is C18H21NO3S. The van der Waals surface area contributed by atoms with Gasteiger partial charge in [0.25, 0.3) is 5.91 Å². The fourth-order valence-corrected chi connectivity index (χ4v) is 3.64. The van der Waals surface area contributed by atoms with Crippen molar-refractivity contribution in [2.45, 2.75) is 32.6 Å². The van der Waals surface area contributed by atoms with Gasteiger partial charge >= 0.3 is 0 Å². The molecule has 2 heterocycles. The van der Waals surface area contributed by atoms with E-state index in [4.69, 9.17) is 9.47 Å². The molecule has 23 heavy (non-hydrogen) atoms. The molecule has 0 spiro atoms. The van der Waals surface area contributed by atoms with Gasteiger partial charge < -0.3 is 14.4 Å². The largest absolute Gasteiger partial charge is 0.497 e. The zero-order chi connectivity index (χ0) is 16.2. The van der Waals surface area contributed by atoms with Crippen LogP contribution >= 0.6 is 11.3 Å². The van der Waals surface area contributed by atoms with Crippen molar-refractivity contribution in [3.05, 3.63) is 51.7 Å². The van der Waals surface area contributed by atoms with E-state index in [-0.39, 0.29) is 5.91 Å². The number of methoxy groups -OCH3 is 1. The third kappa shape index (κ3) is 3.74. The van der Waals surface area contributed by atoms with E-state index in [0.29, 0.717) is 13.2 Å². The fourth-order valence-electron chi connectivity index (χ4n) is 2.75. The van der Waals surface area contributed by atoms with Crippen LogP contribution in [0, 0.1) is 0 Å². The summed E-state index contributed by atoms with van der Waals surface area (Å²) < 4.78 is 11.0. The number of hydrogen-bond donors (Lipinski definition) is 0. The molecule has 0 radical (unpaired) electrons. The molecule has 0 N–H and O–H groups in total. The first-order valence-electron chi connectivity index (χ1n) is 7.76. The van der Waals surface area contributed by atoms with E-state index in [2.05, 4.69) is 11.4 Å². The van der Waals surface area contributed by atoms with Gasteiger partial charge in [0, 0.05) is 18.0 Å². The van der Waals surface area contributed by atoms with Gasteiger partial charge in [0.15, 0.2) is 0 Å². The minimum atomic E-state index is -0.443. The van der Waals surface area contributed by atoms with Gasteiger partial charge in [0.05, 0.1) is 13.7 Å². The smallest absolute Gasteiger partial charge is 0.251 e. The second-order valence-corrected chi connectivity index (χ2v) is 6.68. The Hall–Kier alpha value is -1.85.